The van der Waals surface area contributed by atoms with Gasteiger partial charge in [0, 0.05) is 16.7 Å². The Balaban J connectivity index is 1.65. The molecule has 22 heavy (non-hydrogen) atoms. The minimum Gasteiger partial charge on any atom is -0.276 e. The van der Waals surface area contributed by atoms with E-state index >= 15 is 0 Å². The third-order valence-corrected chi connectivity index (χ3v) is 9.43. The summed E-state index contributed by atoms with van der Waals surface area (Å²) in [6, 6.07) is 0. The van der Waals surface area contributed by atoms with Crippen LogP contribution in [0.5, 0.6) is 0 Å². The molecule has 0 radical (unpaired) electrons. The van der Waals surface area contributed by atoms with E-state index in [1.54, 1.807) is 16.7 Å². The fourth-order valence-corrected chi connectivity index (χ4v) is 8.83. The Hall–Kier alpha value is -0.0400. The number of hydrogen-bond donors (Lipinski definition) is 0. The van der Waals surface area contributed by atoms with Gasteiger partial charge in [-0.15, -0.1) is 0 Å². The smallest absolute Gasteiger partial charge is 0.112 e. The Morgan fingerprint density at radius 1 is 0.773 bits per heavy atom. The van der Waals surface area contributed by atoms with E-state index in [9.17, 15) is 0 Å². The second-order valence-electron chi connectivity index (χ2n) is 7.69. The molecular formula is C18H26ClN2P. The lowest BCUT2D eigenvalue weighted by Gasteiger charge is -2.45. The summed E-state index contributed by atoms with van der Waals surface area (Å²) in [5.41, 5.74) is 5.44. The molecule has 0 saturated heterocycles. The SMILES string of the molecule is ClP1C2=C(CCCC2)N2C3=C(CCCC3)C3(CCCCC3)N21. The van der Waals surface area contributed by atoms with Crippen LogP contribution in [0.25, 0.3) is 0 Å². The van der Waals surface area contributed by atoms with Gasteiger partial charge in [0.15, 0.2) is 0 Å². The first-order valence-corrected chi connectivity index (χ1v) is 11.5. The minimum atomic E-state index is -0.602. The summed E-state index contributed by atoms with van der Waals surface area (Å²) in [6.45, 7) is 0. The lowest BCUT2D eigenvalue weighted by Crippen LogP contribution is -2.47. The van der Waals surface area contributed by atoms with Gasteiger partial charge in [-0.05, 0) is 69.8 Å². The Labute approximate surface area is 140 Å². The first-order valence-electron chi connectivity index (χ1n) is 9.33. The lowest BCUT2D eigenvalue weighted by molar-refractivity contribution is 0.0626. The summed E-state index contributed by atoms with van der Waals surface area (Å²) in [5.74, 6) is 0. The summed E-state index contributed by atoms with van der Waals surface area (Å²) in [4.78, 5) is 0. The van der Waals surface area contributed by atoms with Crippen molar-refractivity contribution in [2.24, 2.45) is 0 Å². The normalized spacial score (nSPS) is 34.2. The molecule has 1 spiro atoms. The van der Waals surface area contributed by atoms with Crippen LogP contribution in [0.4, 0.5) is 0 Å². The molecule has 0 aromatic rings. The highest BCUT2D eigenvalue weighted by Gasteiger charge is 2.58. The third kappa shape index (κ3) is 1.75. The van der Waals surface area contributed by atoms with Crippen LogP contribution < -0.4 is 0 Å². The van der Waals surface area contributed by atoms with E-state index in [0.717, 1.165) is 0 Å². The summed E-state index contributed by atoms with van der Waals surface area (Å²) < 4.78 is 2.73. The topological polar surface area (TPSA) is 6.48 Å². The summed E-state index contributed by atoms with van der Waals surface area (Å²) in [5, 5.41) is 4.32. The van der Waals surface area contributed by atoms with Crippen molar-refractivity contribution in [3.05, 3.63) is 22.3 Å². The largest absolute Gasteiger partial charge is 0.276 e. The van der Waals surface area contributed by atoms with Crippen molar-refractivity contribution in [1.29, 1.82) is 0 Å². The highest BCUT2D eigenvalue weighted by atomic mass is 35.7. The van der Waals surface area contributed by atoms with Gasteiger partial charge < -0.3 is 0 Å². The van der Waals surface area contributed by atoms with E-state index in [4.69, 9.17) is 11.2 Å². The molecular weight excluding hydrogens is 311 g/mol. The maximum atomic E-state index is 7.14. The number of halogens is 1. The molecule has 2 aliphatic heterocycles. The molecule has 1 unspecified atom stereocenters. The standard InChI is InChI=1S/C18H26ClN2P/c19-22-17-11-5-4-10-16(17)20-15-9-3-2-8-14(15)18(21(20)22)12-6-1-7-13-18/h1-13H2. The van der Waals surface area contributed by atoms with Gasteiger partial charge in [-0.25, -0.2) is 0 Å². The summed E-state index contributed by atoms with van der Waals surface area (Å²) >= 11 is 7.14. The highest BCUT2D eigenvalue weighted by Crippen LogP contribution is 2.72. The van der Waals surface area contributed by atoms with Crippen LogP contribution in [0.15, 0.2) is 22.3 Å². The Kier molecular flexibility index (Phi) is 3.40. The van der Waals surface area contributed by atoms with E-state index in [1.165, 1.54) is 83.5 Å². The van der Waals surface area contributed by atoms with Gasteiger partial charge in [-0.3, -0.25) is 5.01 Å². The van der Waals surface area contributed by atoms with Crippen LogP contribution in [-0.4, -0.2) is 15.3 Å². The molecule has 0 N–H and O–H groups in total. The molecule has 2 nitrogen and oxygen atoms in total. The second-order valence-corrected chi connectivity index (χ2v) is 10.1. The molecule has 0 bridgehead atoms. The molecule has 0 aromatic heterocycles. The fraction of sp³-hybridized carbons (Fsp3) is 0.778. The van der Waals surface area contributed by atoms with Crippen LogP contribution in [0.2, 0.25) is 0 Å². The molecule has 1 saturated carbocycles. The first-order chi connectivity index (χ1) is 10.8. The van der Waals surface area contributed by atoms with Gasteiger partial charge in [0.1, 0.15) is 7.43 Å². The van der Waals surface area contributed by atoms with Gasteiger partial charge in [0.25, 0.3) is 0 Å². The number of hydrogen-bond acceptors (Lipinski definition) is 2. The third-order valence-electron chi connectivity index (χ3n) is 6.56. The molecule has 0 amide bonds. The van der Waals surface area contributed by atoms with Crippen molar-refractivity contribution in [3.8, 4) is 0 Å². The quantitative estimate of drug-likeness (QED) is 0.472. The predicted molar refractivity (Wildman–Crippen MR) is 93.3 cm³/mol. The van der Waals surface area contributed by atoms with Crippen LogP contribution in [-0.2, 0) is 0 Å². The predicted octanol–water partition coefficient (Wildman–Crippen LogP) is 6.40. The number of hydrazine groups is 1. The van der Waals surface area contributed by atoms with E-state index in [2.05, 4.69) is 9.79 Å². The van der Waals surface area contributed by atoms with Crippen molar-refractivity contribution in [1.82, 2.24) is 9.79 Å². The maximum Gasteiger partial charge on any atom is 0.112 e. The van der Waals surface area contributed by atoms with E-state index in [1.807, 2.05) is 5.57 Å². The second kappa shape index (κ2) is 5.23. The van der Waals surface area contributed by atoms with Crippen molar-refractivity contribution in [2.75, 3.05) is 0 Å². The zero-order valence-electron chi connectivity index (χ0n) is 13.4. The molecule has 5 aliphatic rings. The van der Waals surface area contributed by atoms with Crippen LogP contribution in [0.1, 0.15) is 83.5 Å². The van der Waals surface area contributed by atoms with Crippen molar-refractivity contribution in [3.63, 3.8) is 0 Å². The van der Waals surface area contributed by atoms with Gasteiger partial charge in [-0.1, -0.05) is 30.5 Å². The highest BCUT2D eigenvalue weighted by molar-refractivity contribution is 7.85. The Morgan fingerprint density at radius 2 is 1.45 bits per heavy atom. The Bertz CT molecular complexity index is 561. The maximum absolute atomic E-state index is 7.14. The van der Waals surface area contributed by atoms with Crippen molar-refractivity contribution in [2.45, 2.75) is 89.0 Å². The lowest BCUT2D eigenvalue weighted by atomic mass is 9.73. The first kappa shape index (κ1) is 14.3. The van der Waals surface area contributed by atoms with Gasteiger partial charge in [0.05, 0.1) is 5.54 Å². The zero-order chi connectivity index (χ0) is 14.7. The molecule has 3 aliphatic carbocycles. The van der Waals surface area contributed by atoms with E-state index in [0.29, 0.717) is 5.54 Å². The Morgan fingerprint density at radius 3 is 2.27 bits per heavy atom. The molecule has 2 heterocycles. The van der Waals surface area contributed by atoms with Gasteiger partial charge in [-0.2, -0.15) is 4.78 Å². The number of fused-ring (bicyclic) bond motifs is 5. The van der Waals surface area contributed by atoms with Crippen LogP contribution in [0, 0.1) is 0 Å². The van der Waals surface area contributed by atoms with Crippen molar-refractivity contribution < 1.29 is 0 Å². The zero-order valence-corrected chi connectivity index (χ0v) is 15.1. The summed E-state index contributed by atoms with van der Waals surface area (Å²) in [7, 11) is -0.602. The van der Waals surface area contributed by atoms with E-state index in [-0.39, 0.29) is 0 Å². The van der Waals surface area contributed by atoms with E-state index < -0.39 is 7.43 Å². The fourth-order valence-electron chi connectivity index (χ4n) is 5.63. The summed E-state index contributed by atoms with van der Waals surface area (Å²) in [6.07, 6.45) is 17.6. The average Bonchev–Trinajstić information content (AvgIpc) is 3.03. The molecule has 120 valence electrons. The molecule has 1 atom stereocenters. The van der Waals surface area contributed by atoms with Crippen LogP contribution in [0.3, 0.4) is 0 Å². The minimum absolute atomic E-state index is 0.318. The number of nitrogens with zero attached hydrogens (tertiary/aromatic N) is 2. The average molecular weight is 337 g/mol. The molecule has 0 aromatic carbocycles. The molecule has 5 rings (SSSR count). The number of allylic oxidation sites excluding steroid dienone is 3. The molecule has 1 fully saturated rings. The molecule has 4 heteroatoms. The van der Waals surface area contributed by atoms with Gasteiger partial charge >= 0.3 is 0 Å². The van der Waals surface area contributed by atoms with Crippen LogP contribution >= 0.6 is 18.7 Å². The van der Waals surface area contributed by atoms with Gasteiger partial charge in [0.2, 0.25) is 0 Å². The number of rotatable bonds is 0. The monoisotopic (exact) mass is 336 g/mol. The van der Waals surface area contributed by atoms with Crippen molar-refractivity contribution >= 4 is 18.7 Å².